The highest BCUT2D eigenvalue weighted by Gasteiger charge is 2.22. The largest absolute Gasteiger partial charge is 0.305 e. The maximum atomic E-state index is 4.33. The number of para-hydroxylation sites is 5. The molecule has 188 valence electrons. The molecule has 3 nitrogen and oxygen atoms in total. The van der Waals surface area contributed by atoms with E-state index < -0.39 is 0 Å². The van der Waals surface area contributed by atoms with Crippen molar-refractivity contribution >= 4 is 83.2 Å². The van der Waals surface area contributed by atoms with Gasteiger partial charge >= 0.3 is 0 Å². The van der Waals surface area contributed by atoms with Gasteiger partial charge in [0.05, 0.1) is 49.8 Å². The van der Waals surface area contributed by atoms with Crippen molar-refractivity contribution in [2.45, 2.75) is 6.92 Å². The quantitative estimate of drug-likeness (QED) is 0.219. The van der Waals surface area contributed by atoms with Gasteiger partial charge in [-0.15, -0.1) is 0 Å². The van der Waals surface area contributed by atoms with Crippen molar-refractivity contribution in [1.82, 2.24) is 13.2 Å². The van der Waals surface area contributed by atoms with Crippen LogP contribution in [0.15, 0.2) is 116 Å². The summed E-state index contributed by atoms with van der Waals surface area (Å²) in [7, 11) is 0. The molecule has 3 heteroatoms. The Morgan fingerprint density at radius 1 is 0.475 bits per heavy atom. The number of fused-ring (bicyclic) bond motifs is 10. The Morgan fingerprint density at radius 3 is 1.62 bits per heavy atom. The first kappa shape index (κ1) is 21.6. The highest BCUT2D eigenvalue weighted by atomic mass is 15.0. The van der Waals surface area contributed by atoms with Gasteiger partial charge in [-0.1, -0.05) is 91.5 Å². The molecular weight excluding hydrogens is 486 g/mol. The van der Waals surface area contributed by atoms with E-state index in [0.717, 1.165) is 11.2 Å². The maximum Gasteiger partial charge on any atom is 0.0789 e. The summed E-state index contributed by atoms with van der Waals surface area (Å²) in [4.78, 5) is 0. The van der Waals surface area contributed by atoms with E-state index in [4.69, 9.17) is 0 Å². The lowest BCUT2D eigenvalue weighted by Gasteiger charge is -2.05. The minimum Gasteiger partial charge on any atom is -0.305 e. The van der Waals surface area contributed by atoms with Gasteiger partial charge in [-0.05, 0) is 43.3 Å². The van der Waals surface area contributed by atoms with E-state index in [0.29, 0.717) is 0 Å². The van der Waals surface area contributed by atoms with Crippen molar-refractivity contribution in [3.8, 4) is 0 Å². The van der Waals surface area contributed by atoms with E-state index in [-0.39, 0.29) is 0 Å². The normalized spacial score (nSPS) is 12.6. The predicted molar refractivity (Wildman–Crippen MR) is 172 cm³/mol. The molecule has 9 rings (SSSR count). The fraction of sp³-hybridized carbons (Fsp3) is 0.0270. The number of aromatic nitrogens is 3. The molecule has 0 aliphatic carbocycles. The molecule has 0 saturated carbocycles. The van der Waals surface area contributed by atoms with E-state index in [1.165, 1.54) is 71.1 Å². The molecule has 0 bridgehead atoms. The zero-order chi connectivity index (χ0) is 26.5. The van der Waals surface area contributed by atoms with E-state index >= 15 is 0 Å². The Labute approximate surface area is 230 Å². The average Bonchev–Trinajstić information content (AvgIpc) is 3.63. The second kappa shape index (κ2) is 7.64. The van der Waals surface area contributed by atoms with E-state index in [1.807, 2.05) is 6.08 Å². The molecule has 4 heterocycles. The summed E-state index contributed by atoms with van der Waals surface area (Å²) >= 11 is 0. The summed E-state index contributed by atoms with van der Waals surface area (Å²) in [5, 5.41) is 6.23. The second-order valence-corrected chi connectivity index (χ2v) is 10.6. The first-order valence-electron chi connectivity index (χ1n) is 13.8. The Morgan fingerprint density at radius 2 is 0.975 bits per heavy atom. The lowest BCUT2D eigenvalue weighted by atomic mass is 10.1. The van der Waals surface area contributed by atoms with Crippen LogP contribution in [0.5, 0.6) is 0 Å². The molecule has 0 spiro atoms. The van der Waals surface area contributed by atoms with Crippen LogP contribution < -0.4 is 0 Å². The third-order valence-electron chi connectivity index (χ3n) is 8.65. The first-order valence-corrected chi connectivity index (χ1v) is 13.8. The molecule has 0 radical (unpaired) electrons. The molecule has 0 atom stereocenters. The van der Waals surface area contributed by atoms with Crippen molar-refractivity contribution < 1.29 is 0 Å². The van der Waals surface area contributed by atoms with Gasteiger partial charge in [-0.3, -0.25) is 0 Å². The molecule has 0 aliphatic heterocycles. The predicted octanol–water partition coefficient (Wildman–Crippen LogP) is 9.89. The minimum absolute atomic E-state index is 1.10. The Hall–Kier alpha value is -5.28. The molecule has 0 N–H and O–H groups in total. The number of nitrogens with zero attached hydrogens (tertiary/aromatic N) is 3. The molecule has 0 amide bonds. The van der Waals surface area contributed by atoms with E-state index in [9.17, 15) is 0 Å². The zero-order valence-electron chi connectivity index (χ0n) is 22.1. The van der Waals surface area contributed by atoms with Crippen LogP contribution in [0.4, 0.5) is 0 Å². The number of allylic oxidation sites excluding steroid dienone is 1. The highest BCUT2D eigenvalue weighted by molar-refractivity contribution is 6.22. The van der Waals surface area contributed by atoms with Crippen LogP contribution in [0.2, 0.25) is 0 Å². The molecule has 9 aromatic rings. The van der Waals surface area contributed by atoms with Crippen LogP contribution in [-0.2, 0) is 0 Å². The van der Waals surface area contributed by atoms with Gasteiger partial charge in [0.25, 0.3) is 0 Å². The van der Waals surface area contributed by atoms with Gasteiger partial charge in [-0.25, -0.2) is 0 Å². The van der Waals surface area contributed by atoms with Crippen LogP contribution in [0.3, 0.4) is 0 Å². The molecule has 0 aliphatic rings. The molecule has 0 fully saturated rings. The van der Waals surface area contributed by atoms with Crippen molar-refractivity contribution in [2.75, 3.05) is 0 Å². The van der Waals surface area contributed by atoms with Crippen molar-refractivity contribution in [1.29, 1.82) is 0 Å². The lowest BCUT2D eigenvalue weighted by molar-refractivity contribution is 1.24. The van der Waals surface area contributed by atoms with E-state index in [2.05, 4.69) is 142 Å². The minimum atomic E-state index is 1.10. The summed E-state index contributed by atoms with van der Waals surface area (Å²) in [5.41, 5.74) is 11.8. The molecule has 0 saturated heterocycles. The number of benzene rings is 5. The summed E-state index contributed by atoms with van der Waals surface area (Å²) < 4.78 is 7.41. The van der Waals surface area contributed by atoms with Crippen LogP contribution in [-0.4, -0.2) is 13.2 Å². The Kier molecular flexibility index (Phi) is 4.13. The third kappa shape index (κ3) is 2.46. The van der Waals surface area contributed by atoms with Crippen LogP contribution in [0.25, 0.3) is 83.2 Å². The molecule has 40 heavy (non-hydrogen) atoms. The Bertz CT molecular complexity index is 2570. The molecule has 0 unspecified atom stereocenters. The summed E-state index contributed by atoms with van der Waals surface area (Å²) in [6.45, 7) is 6.42. The fourth-order valence-electron chi connectivity index (χ4n) is 7.18. The molecule has 4 aromatic heterocycles. The van der Waals surface area contributed by atoms with Crippen LogP contribution in [0.1, 0.15) is 18.2 Å². The summed E-state index contributed by atoms with van der Waals surface area (Å²) in [6, 6.07) is 37.7. The van der Waals surface area contributed by atoms with Crippen molar-refractivity contribution in [2.24, 2.45) is 0 Å². The summed E-state index contributed by atoms with van der Waals surface area (Å²) in [5.74, 6) is 0. The average molecular weight is 512 g/mol. The highest BCUT2D eigenvalue weighted by Crippen LogP contribution is 2.42. The number of rotatable bonds is 2. The van der Waals surface area contributed by atoms with Gasteiger partial charge in [0, 0.05) is 32.5 Å². The second-order valence-electron chi connectivity index (χ2n) is 10.6. The van der Waals surface area contributed by atoms with Crippen LogP contribution >= 0.6 is 0 Å². The smallest absolute Gasteiger partial charge is 0.0789 e. The molecule has 5 aromatic carbocycles. The third-order valence-corrected chi connectivity index (χ3v) is 8.65. The zero-order valence-corrected chi connectivity index (χ0v) is 22.1. The van der Waals surface area contributed by atoms with Crippen molar-refractivity contribution in [3.63, 3.8) is 0 Å². The van der Waals surface area contributed by atoms with Gasteiger partial charge in [0.2, 0.25) is 0 Å². The fourth-order valence-corrected chi connectivity index (χ4v) is 7.18. The Balaban J connectivity index is 1.83. The summed E-state index contributed by atoms with van der Waals surface area (Å²) in [6.07, 6.45) is 6.37. The SMILES string of the molecule is C=Cc1c(/C=C\C)c2ccc3c4ccccc4n4c5ccccc5n5c6ccccc6c6cccc(c65)n1c2c34. The lowest BCUT2D eigenvalue weighted by Crippen LogP contribution is -1.92. The topological polar surface area (TPSA) is 13.2 Å². The van der Waals surface area contributed by atoms with Gasteiger partial charge in [-0.2, -0.15) is 0 Å². The number of hydrogen-bond donors (Lipinski definition) is 0. The monoisotopic (exact) mass is 511 g/mol. The van der Waals surface area contributed by atoms with Gasteiger partial charge < -0.3 is 13.2 Å². The number of hydrogen-bond acceptors (Lipinski definition) is 0. The van der Waals surface area contributed by atoms with Crippen molar-refractivity contribution in [3.05, 3.63) is 127 Å². The first-order chi connectivity index (χ1) is 19.8. The molecular formula is C37H25N3. The van der Waals surface area contributed by atoms with Gasteiger partial charge in [0.1, 0.15) is 0 Å². The van der Waals surface area contributed by atoms with Crippen LogP contribution in [0, 0.1) is 0 Å². The van der Waals surface area contributed by atoms with Gasteiger partial charge in [0.15, 0.2) is 0 Å². The maximum absolute atomic E-state index is 4.33. The standard InChI is InChI=1S/C37H25N3/c1-3-12-23-27-21-22-28-25-14-6-8-17-31(25)40-33-19-10-9-18-32(33)39-30-16-7-5-13-24(30)26-15-11-20-34(35(26)39)38(29(23)4-2)36(27)37(28)40/h3-22H,2H2,1H3/b12-3-. The van der Waals surface area contributed by atoms with E-state index in [1.54, 1.807) is 0 Å².